The van der Waals surface area contributed by atoms with E-state index in [0.717, 1.165) is 58.4 Å². The number of allylic oxidation sites excluding steroid dienone is 2. The summed E-state index contributed by atoms with van der Waals surface area (Å²) in [5.74, 6) is -4.96. The van der Waals surface area contributed by atoms with Gasteiger partial charge in [-0.1, -0.05) is 59.8 Å². The first-order valence-electron chi connectivity index (χ1n) is 26.6. The van der Waals surface area contributed by atoms with Crippen molar-refractivity contribution in [2.24, 2.45) is 17.4 Å². The number of aliphatic hydroxyl groups excluding tert-OH is 1. The number of amides is 8. The molecule has 8 amide bonds. The topological polar surface area (TPSA) is 316 Å². The number of hydrogen-bond donors (Lipinski definition) is 8. The maximum absolute atomic E-state index is 14.7. The summed E-state index contributed by atoms with van der Waals surface area (Å²) in [6.07, 6.45) is 2.76. The Balaban J connectivity index is 0.000000399. The monoisotopic (exact) mass is 1120 g/mol. The molecule has 3 aliphatic rings. The highest BCUT2D eigenvalue weighted by atomic mass is 32.1. The van der Waals surface area contributed by atoms with E-state index in [0.29, 0.717) is 45.8 Å². The second kappa shape index (κ2) is 30.7. The minimum atomic E-state index is -1.38. The number of aromatic nitrogens is 1. The molecule has 2 heterocycles. The van der Waals surface area contributed by atoms with Crippen molar-refractivity contribution in [1.82, 2.24) is 25.8 Å². The number of likely N-dealkylation sites (tertiary alicyclic amines) is 1. The van der Waals surface area contributed by atoms with Gasteiger partial charge in [0.1, 0.15) is 36.7 Å². The molecule has 20 nitrogen and oxygen atoms in total. The molecule has 3 aromatic rings. The minimum absolute atomic E-state index is 0.0487. The molecule has 1 aliphatic heterocycles. The van der Waals surface area contributed by atoms with Crippen LogP contribution < -0.4 is 32.7 Å². The van der Waals surface area contributed by atoms with Gasteiger partial charge in [0.15, 0.2) is 11.6 Å². The van der Waals surface area contributed by atoms with Crippen molar-refractivity contribution in [3.8, 4) is 0 Å². The third-order valence-electron chi connectivity index (χ3n) is 13.0. The van der Waals surface area contributed by atoms with Crippen molar-refractivity contribution in [3.05, 3.63) is 86.9 Å². The zero-order valence-electron chi connectivity index (χ0n) is 47.0. The van der Waals surface area contributed by atoms with Crippen LogP contribution in [0.25, 0.3) is 16.5 Å². The summed E-state index contributed by atoms with van der Waals surface area (Å²) >= 11 is 4.01. The first-order valence-corrected chi connectivity index (χ1v) is 27.1. The Hall–Kier alpha value is -7.33. The standard InChI is InChI=1S/C28H32FNO3.C25H33N7O9S.2C2H6/c1-14(2)11-21-20-8-6-7-18-16(4)23(29)13-24(26(18)20)30-27(21)15(3)12-22-19(17(5)31)9-10-25(32)28(22)33;1-12(28-19(34)7-8-32-20(35)10-17(42)24(32)39)21(36)29-13(2)22(37)31-16(9-18(26)33)23(38)30-15-5-3-14(4-6-15)11-41-25(27)40;2*1-2/h12-14,28,33H,6-11H2,1-5H3;3-6,12-13,16-17,42H,7-11H2,1-2H3,(H2,26,33)(H2,27,40)(H,28,34)(H,29,36)(H,30,38)(H,31,37);2*1-2H3/b15-12+;;;/t;12?,13-,16?,17?;;/m.0../s1. The van der Waals surface area contributed by atoms with Crippen LogP contribution >= 0.6 is 12.6 Å². The molecule has 4 unspecified atom stereocenters. The Morgan fingerprint density at radius 1 is 0.873 bits per heavy atom. The molecule has 1 aromatic heterocycles. The minimum Gasteiger partial charge on any atom is -0.445 e. The molecule has 1 saturated heterocycles. The van der Waals surface area contributed by atoms with Crippen molar-refractivity contribution in [3.63, 3.8) is 0 Å². The maximum atomic E-state index is 14.7. The molecule has 1 fully saturated rings. The fraction of sp³-hybridized carbons (Fsp3) is 0.491. The Labute approximate surface area is 466 Å². The smallest absolute Gasteiger partial charge is 0.404 e. The number of halogens is 1. The number of carbonyl (C=O) groups is 10. The van der Waals surface area contributed by atoms with Crippen molar-refractivity contribution in [2.75, 3.05) is 11.9 Å². The van der Waals surface area contributed by atoms with Crippen LogP contribution in [-0.4, -0.2) is 110 Å². The zero-order valence-corrected chi connectivity index (χ0v) is 47.9. The van der Waals surface area contributed by atoms with Gasteiger partial charge in [-0.3, -0.25) is 48.1 Å². The molecule has 0 saturated carbocycles. The highest BCUT2D eigenvalue weighted by Crippen LogP contribution is 2.39. The number of pyridine rings is 1. The predicted molar refractivity (Wildman–Crippen MR) is 300 cm³/mol. The number of nitrogens with zero attached hydrogens (tertiary/aromatic N) is 2. The lowest BCUT2D eigenvalue weighted by Gasteiger charge is -2.26. The number of ketones is 2. The van der Waals surface area contributed by atoms with E-state index in [-0.39, 0.29) is 49.8 Å². The van der Waals surface area contributed by atoms with Crippen LogP contribution in [0.3, 0.4) is 0 Å². The molecule has 0 radical (unpaired) electrons. The number of nitrogens with one attached hydrogen (secondary N) is 4. The average molecular weight is 1120 g/mol. The first-order chi connectivity index (χ1) is 37.3. The van der Waals surface area contributed by atoms with E-state index in [9.17, 15) is 57.4 Å². The molecular weight excluding hydrogens is 1040 g/mol. The van der Waals surface area contributed by atoms with Crippen molar-refractivity contribution in [1.29, 1.82) is 0 Å². The van der Waals surface area contributed by atoms with Gasteiger partial charge in [0.05, 0.1) is 22.9 Å². The van der Waals surface area contributed by atoms with Gasteiger partial charge in [-0.15, -0.1) is 0 Å². The normalized spacial score (nSPS) is 16.9. The van der Waals surface area contributed by atoms with Crippen LogP contribution in [0.1, 0.15) is 141 Å². The number of nitrogens with two attached hydrogens (primary N) is 2. The lowest BCUT2D eigenvalue weighted by molar-refractivity contribution is -0.139. The van der Waals surface area contributed by atoms with Crippen LogP contribution in [0, 0.1) is 18.7 Å². The molecule has 0 spiro atoms. The first kappa shape index (κ1) is 66.0. The Morgan fingerprint density at radius 2 is 1.48 bits per heavy atom. The number of hydrogen-bond acceptors (Lipinski definition) is 14. The molecule has 2 aliphatic carbocycles. The summed E-state index contributed by atoms with van der Waals surface area (Å²) in [7, 11) is 0. The van der Waals surface area contributed by atoms with E-state index in [1.54, 1.807) is 18.2 Å². The highest BCUT2D eigenvalue weighted by Gasteiger charge is 2.37. The number of benzene rings is 2. The predicted octanol–water partition coefficient (Wildman–Crippen LogP) is 5.47. The fourth-order valence-electron chi connectivity index (χ4n) is 9.07. The summed E-state index contributed by atoms with van der Waals surface area (Å²) in [6.45, 7) is 20.0. The zero-order chi connectivity index (χ0) is 59.6. The third kappa shape index (κ3) is 18.1. The molecule has 6 rings (SSSR count). The third-order valence-corrected chi connectivity index (χ3v) is 13.4. The summed E-state index contributed by atoms with van der Waals surface area (Å²) < 4.78 is 19.4. The van der Waals surface area contributed by atoms with Crippen molar-refractivity contribution in [2.45, 2.75) is 170 Å². The highest BCUT2D eigenvalue weighted by molar-refractivity contribution is 7.81. The molecule has 2 aromatic carbocycles. The van der Waals surface area contributed by atoms with Gasteiger partial charge >= 0.3 is 6.09 Å². The van der Waals surface area contributed by atoms with Gasteiger partial charge in [0, 0.05) is 48.5 Å². The number of imide groups is 1. The van der Waals surface area contributed by atoms with E-state index in [1.807, 2.05) is 41.5 Å². The summed E-state index contributed by atoms with van der Waals surface area (Å²) in [5, 5.41) is 20.6. The molecule has 430 valence electrons. The number of ether oxygens (including phenoxy) is 1. The number of carbonyl (C=O) groups excluding carboxylic acids is 10. The Bertz CT molecular complexity index is 2870. The van der Waals surface area contributed by atoms with E-state index in [1.165, 1.54) is 44.5 Å². The number of Topliss-reactive ketones (excluding diaryl/α,β-unsaturated/α-hetero) is 2. The number of primary amides is 2. The summed E-state index contributed by atoms with van der Waals surface area (Å²) in [4.78, 5) is 126. The van der Waals surface area contributed by atoms with Gasteiger partial charge in [0.25, 0.3) is 0 Å². The van der Waals surface area contributed by atoms with Gasteiger partial charge in [-0.2, -0.15) is 12.6 Å². The largest absolute Gasteiger partial charge is 0.445 e. The van der Waals surface area contributed by atoms with Crippen LogP contribution in [0.5, 0.6) is 0 Å². The van der Waals surface area contributed by atoms with Crippen LogP contribution in [0.15, 0.2) is 47.6 Å². The van der Waals surface area contributed by atoms with Crippen LogP contribution in [0.4, 0.5) is 14.9 Å². The molecule has 22 heteroatoms. The summed E-state index contributed by atoms with van der Waals surface area (Å²) in [6, 6.07) is 3.98. The van der Waals surface area contributed by atoms with Crippen LogP contribution in [0.2, 0.25) is 0 Å². The van der Waals surface area contributed by atoms with E-state index >= 15 is 0 Å². The molecular formula is C57H77FN8O12S. The molecule has 0 bridgehead atoms. The summed E-state index contributed by atoms with van der Waals surface area (Å²) in [5.41, 5.74) is 18.3. The number of rotatable bonds is 19. The average Bonchev–Trinajstić information content (AvgIpc) is 3.77. The molecule has 9 N–H and O–H groups in total. The molecule has 79 heavy (non-hydrogen) atoms. The lowest BCUT2D eigenvalue weighted by Crippen LogP contribution is -2.55. The second-order valence-electron chi connectivity index (χ2n) is 19.3. The van der Waals surface area contributed by atoms with Gasteiger partial charge in [-0.25, -0.2) is 14.2 Å². The fourth-order valence-corrected chi connectivity index (χ4v) is 9.36. The van der Waals surface area contributed by atoms with Crippen molar-refractivity contribution >= 4 is 93.8 Å². The van der Waals surface area contributed by atoms with Gasteiger partial charge < -0.3 is 42.6 Å². The van der Waals surface area contributed by atoms with Gasteiger partial charge in [-0.05, 0) is 124 Å². The number of aliphatic hydroxyl groups is 1. The lowest BCUT2D eigenvalue weighted by atomic mass is 9.81. The quantitative estimate of drug-likeness (QED) is 0.0546. The van der Waals surface area contributed by atoms with E-state index in [2.05, 4.69) is 52.5 Å². The SMILES string of the molecule is CC.CC.CC(=O)C1=C(/C=C(\C)c2nc3cc(F)c(C)c4c3c(c2CC(C)C)CCC4)C(O)C(=O)CC1.CC(NC(=O)CCN1C(=O)CC(S)C1=O)C(=O)N[C@@H](C)C(=O)NC(CC(N)=O)C(=O)Nc1ccc(COC(N)=O)cc1. The number of anilines is 1. The van der Waals surface area contributed by atoms with Crippen molar-refractivity contribution < 1.29 is 62.2 Å². The van der Waals surface area contributed by atoms with Gasteiger partial charge in [0.2, 0.25) is 41.4 Å². The Morgan fingerprint density at radius 3 is 2.05 bits per heavy atom. The Kier molecular flexibility index (Phi) is 25.6. The number of thiol groups is 1. The van der Waals surface area contributed by atoms with Crippen LogP contribution in [-0.2, 0) is 73.8 Å². The second-order valence-corrected chi connectivity index (χ2v) is 19.9. The number of aryl methyl sites for hydroxylation is 2. The molecule has 5 atom stereocenters. The van der Waals surface area contributed by atoms with E-state index in [4.69, 9.17) is 16.5 Å². The maximum Gasteiger partial charge on any atom is 0.404 e. The van der Waals surface area contributed by atoms with E-state index < -0.39 is 83.3 Å².